The Labute approximate surface area is 231 Å². The van der Waals surface area contributed by atoms with E-state index in [2.05, 4.69) is 15.3 Å². The average molecular weight is 560 g/mol. The van der Waals surface area contributed by atoms with Crippen LogP contribution in [0.2, 0.25) is 0 Å². The fourth-order valence-corrected chi connectivity index (χ4v) is 4.50. The maximum absolute atomic E-state index is 12.3. The summed E-state index contributed by atoms with van der Waals surface area (Å²) in [6, 6.07) is 4.79. The number of unbranched alkanes of at least 4 members (excludes halogenated alkanes) is 1. The number of H-pyrrole nitrogens is 1. The molecule has 0 bridgehead atoms. The minimum absolute atomic E-state index is 0.0920. The minimum Gasteiger partial charge on any atom is -0.396 e. The summed E-state index contributed by atoms with van der Waals surface area (Å²) in [5.41, 5.74) is 1.11. The van der Waals surface area contributed by atoms with Crippen LogP contribution >= 0.6 is 0 Å². The Morgan fingerprint density at radius 1 is 1.35 bits per heavy atom. The topological polar surface area (TPSA) is 177 Å². The van der Waals surface area contributed by atoms with Gasteiger partial charge in [-0.05, 0) is 51.6 Å². The summed E-state index contributed by atoms with van der Waals surface area (Å²) < 4.78 is 28.3. The van der Waals surface area contributed by atoms with Crippen LogP contribution in [0.5, 0.6) is 0 Å². The van der Waals surface area contributed by atoms with Gasteiger partial charge in [0.05, 0.1) is 41.0 Å². The lowest BCUT2D eigenvalue weighted by Crippen LogP contribution is -2.33. The molecule has 4 atom stereocenters. The standard InChI is InChI=1S/C26H34N6O8/c1-16-12-31(26(35)27-25(16)34)24-11-23(18(3)40-24)39-15-38-17(2)21-10-19(7-8-22(21)32(36)37)13-30-14-20(28-29-30)6-4-5-9-33/h7-8,10,12,14,17-18,23-24,33H,4-6,9,11,13,15H2,1-3H3,(H,27,34,35)/t17?,18-,23-,24-/m1/s1/i3D. The Morgan fingerprint density at radius 3 is 2.92 bits per heavy atom. The number of aliphatic hydroxyl groups excluding tert-OH is 1. The summed E-state index contributed by atoms with van der Waals surface area (Å²) in [7, 11) is 0. The number of hydrogen-bond donors (Lipinski definition) is 2. The second-order valence-electron chi connectivity index (χ2n) is 9.71. The predicted molar refractivity (Wildman–Crippen MR) is 142 cm³/mol. The largest absolute Gasteiger partial charge is 0.396 e. The van der Waals surface area contributed by atoms with Crippen LogP contribution in [-0.4, -0.2) is 60.2 Å². The van der Waals surface area contributed by atoms with Gasteiger partial charge in [-0.1, -0.05) is 11.3 Å². The number of rotatable bonds is 13. The number of aromatic nitrogens is 5. The van der Waals surface area contributed by atoms with Gasteiger partial charge in [0, 0.05) is 38.4 Å². The first-order valence-electron chi connectivity index (χ1n) is 13.7. The van der Waals surface area contributed by atoms with Crippen molar-refractivity contribution < 1.29 is 25.6 Å². The quantitative estimate of drug-likeness (QED) is 0.136. The molecule has 2 aromatic heterocycles. The van der Waals surface area contributed by atoms with Gasteiger partial charge in [-0.25, -0.2) is 9.48 Å². The lowest BCUT2D eigenvalue weighted by molar-refractivity contribution is -0.386. The number of aryl methyl sites for hydroxylation is 2. The van der Waals surface area contributed by atoms with Crippen molar-refractivity contribution in [2.24, 2.45) is 0 Å². The molecule has 4 rings (SSSR count). The predicted octanol–water partition coefficient (Wildman–Crippen LogP) is 2.14. The number of nitrogens with zero attached hydrogens (tertiary/aromatic N) is 5. The summed E-state index contributed by atoms with van der Waals surface area (Å²) >= 11 is 0. The van der Waals surface area contributed by atoms with Crippen molar-refractivity contribution in [1.82, 2.24) is 24.5 Å². The van der Waals surface area contributed by atoms with Crippen LogP contribution in [0.4, 0.5) is 5.69 Å². The number of hydrogen-bond acceptors (Lipinski definition) is 10. The highest BCUT2D eigenvalue weighted by atomic mass is 16.7. The number of nitro groups is 1. The van der Waals surface area contributed by atoms with E-state index in [0.717, 1.165) is 17.7 Å². The first-order chi connectivity index (χ1) is 19.7. The Bertz CT molecular complexity index is 1460. The molecule has 0 aliphatic carbocycles. The van der Waals surface area contributed by atoms with Gasteiger partial charge in [-0.3, -0.25) is 24.5 Å². The third-order valence-corrected chi connectivity index (χ3v) is 6.74. The van der Waals surface area contributed by atoms with Crippen molar-refractivity contribution in [3.63, 3.8) is 0 Å². The average Bonchev–Trinajstić information content (AvgIpc) is 3.57. The van der Waals surface area contributed by atoms with E-state index >= 15 is 0 Å². The van der Waals surface area contributed by atoms with Gasteiger partial charge in [0.1, 0.15) is 13.0 Å². The maximum Gasteiger partial charge on any atom is 0.330 e. The molecule has 216 valence electrons. The zero-order chi connectivity index (χ0) is 29.5. The fraction of sp³-hybridized carbons (Fsp3) is 0.538. The van der Waals surface area contributed by atoms with E-state index in [4.69, 9.17) is 20.7 Å². The van der Waals surface area contributed by atoms with Crippen LogP contribution in [0.1, 0.15) is 69.2 Å². The van der Waals surface area contributed by atoms with Gasteiger partial charge in [-0.15, -0.1) is 5.10 Å². The lowest BCUT2D eigenvalue weighted by Gasteiger charge is -2.18. The molecule has 1 fully saturated rings. The Hall–Kier alpha value is -3.72. The first-order valence-corrected chi connectivity index (χ1v) is 13.0. The van der Waals surface area contributed by atoms with E-state index in [0.29, 0.717) is 30.5 Å². The summed E-state index contributed by atoms with van der Waals surface area (Å²) in [6.07, 6.45) is 3.05. The SMILES string of the molecule is [2H]C[C@H]1O[C@@H](n2cc(C)c(=O)[nH]c2=O)C[C@H]1OCOC(C)c1cc(Cn2cc(CCCCO)nn2)ccc1[N+](=O)[O-]. The van der Waals surface area contributed by atoms with E-state index in [1.807, 2.05) is 6.20 Å². The van der Waals surface area contributed by atoms with Gasteiger partial charge in [0.25, 0.3) is 11.2 Å². The molecule has 14 nitrogen and oxygen atoms in total. The summed E-state index contributed by atoms with van der Waals surface area (Å²) in [4.78, 5) is 37.5. The van der Waals surface area contributed by atoms with Crippen molar-refractivity contribution in [3.8, 4) is 0 Å². The third kappa shape index (κ3) is 7.07. The summed E-state index contributed by atoms with van der Waals surface area (Å²) in [5, 5.41) is 28.9. The molecule has 14 heteroatoms. The van der Waals surface area contributed by atoms with E-state index in [-0.39, 0.29) is 32.4 Å². The maximum atomic E-state index is 12.3. The summed E-state index contributed by atoms with van der Waals surface area (Å²) in [6.45, 7) is 3.40. The van der Waals surface area contributed by atoms with Crippen molar-refractivity contribution in [2.45, 2.75) is 77.5 Å². The fourth-order valence-electron chi connectivity index (χ4n) is 4.50. The molecule has 0 saturated carbocycles. The molecule has 1 aromatic carbocycles. The normalized spacial score (nSPS) is 20.0. The van der Waals surface area contributed by atoms with Gasteiger partial charge in [0.2, 0.25) is 0 Å². The van der Waals surface area contributed by atoms with Crippen LogP contribution in [0.25, 0.3) is 0 Å². The number of benzene rings is 1. The molecule has 3 heterocycles. The first kappa shape index (κ1) is 27.8. The monoisotopic (exact) mass is 559 g/mol. The Kier molecular flexibility index (Phi) is 9.11. The van der Waals surface area contributed by atoms with Gasteiger partial charge in [0.15, 0.2) is 0 Å². The molecular weight excluding hydrogens is 524 g/mol. The second-order valence-corrected chi connectivity index (χ2v) is 9.71. The molecule has 0 spiro atoms. The third-order valence-electron chi connectivity index (χ3n) is 6.74. The molecule has 1 aliphatic rings. The van der Waals surface area contributed by atoms with Gasteiger partial charge >= 0.3 is 5.69 Å². The van der Waals surface area contributed by atoms with E-state index in [1.165, 1.54) is 16.8 Å². The Morgan fingerprint density at radius 2 is 2.17 bits per heavy atom. The lowest BCUT2D eigenvalue weighted by atomic mass is 10.0. The highest BCUT2D eigenvalue weighted by molar-refractivity contribution is 5.44. The molecule has 2 N–H and O–H groups in total. The van der Waals surface area contributed by atoms with Crippen molar-refractivity contribution in [3.05, 3.63) is 83.9 Å². The number of aliphatic hydroxyl groups is 1. The molecule has 3 aromatic rings. The van der Waals surface area contributed by atoms with Gasteiger partial charge in [-0.2, -0.15) is 0 Å². The number of nitro benzene ring substituents is 1. The highest BCUT2D eigenvalue weighted by Gasteiger charge is 2.35. The molecule has 0 amide bonds. The van der Waals surface area contributed by atoms with Crippen molar-refractivity contribution in [2.75, 3.05) is 13.4 Å². The van der Waals surface area contributed by atoms with Crippen LogP contribution in [0, 0.1) is 17.0 Å². The van der Waals surface area contributed by atoms with Crippen molar-refractivity contribution >= 4 is 5.69 Å². The van der Waals surface area contributed by atoms with Crippen LogP contribution < -0.4 is 11.2 Å². The number of nitrogens with one attached hydrogen (secondary N) is 1. The van der Waals surface area contributed by atoms with E-state index in [9.17, 15) is 19.7 Å². The smallest absolute Gasteiger partial charge is 0.330 e. The van der Waals surface area contributed by atoms with Crippen LogP contribution in [0.15, 0.2) is 40.2 Å². The van der Waals surface area contributed by atoms with E-state index < -0.39 is 40.7 Å². The van der Waals surface area contributed by atoms with Crippen molar-refractivity contribution in [1.29, 1.82) is 0 Å². The van der Waals surface area contributed by atoms with Crippen LogP contribution in [0.3, 0.4) is 0 Å². The molecule has 1 saturated heterocycles. The molecule has 0 radical (unpaired) electrons. The molecule has 1 aliphatic heterocycles. The van der Waals surface area contributed by atoms with E-state index in [1.54, 1.807) is 30.7 Å². The Balaban J connectivity index is 1.39. The zero-order valence-electron chi connectivity index (χ0n) is 23.4. The highest BCUT2D eigenvalue weighted by Crippen LogP contribution is 2.31. The van der Waals surface area contributed by atoms with Gasteiger partial charge < -0.3 is 19.3 Å². The minimum atomic E-state index is -0.722. The molecular formula is C26H34N6O8. The number of aromatic amines is 1. The molecule has 40 heavy (non-hydrogen) atoms. The summed E-state index contributed by atoms with van der Waals surface area (Å²) in [5.74, 6) is 0. The number of ether oxygens (including phenoxy) is 3. The van der Waals surface area contributed by atoms with Crippen LogP contribution in [-0.2, 0) is 27.2 Å². The second kappa shape index (κ2) is 13.1. The molecule has 1 unspecified atom stereocenters. The zero-order valence-corrected chi connectivity index (χ0v) is 22.4.